The zero-order valence-corrected chi connectivity index (χ0v) is 8.65. The third kappa shape index (κ3) is 0.830. The maximum absolute atomic E-state index is 4.21. The number of benzene rings is 1. The molecular formula is C7H6N2Sn. The molecule has 1 aromatic carbocycles. The predicted molar refractivity (Wildman–Crippen MR) is 42.3 cm³/mol. The van der Waals surface area contributed by atoms with Crippen LogP contribution in [0.1, 0.15) is 0 Å². The van der Waals surface area contributed by atoms with E-state index in [-0.39, 0.29) is 0 Å². The van der Waals surface area contributed by atoms with Crippen LogP contribution >= 0.6 is 0 Å². The van der Waals surface area contributed by atoms with Crippen molar-refractivity contribution in [3.8, 4) is 0 Å². The van der Waals surface area contributed by atoms with Crippen LogP contribution in [0.5, 0.6) is 0 Å². The molecule has 1 aromatic heterocycles. The molecule has 0 unspecified atom stereocenters. The Labute approximate surface area is 72.3 Å². The molecule has 0 atom stereocenters. The number of rotatable bonds is 0. The molecule has 1 heterocycles. The Balaban J connectivity index is 2.93. The summed E-state index contributed by atoms with van der Waals surface area (Å²) in [6.45, 7) is 0. The molecular weight excluding hydrogens is 231 g/mol. The molecule has 0 saturated carbocycles. The number of hydrogen-bond acceptors (Lipinski definition) is 1. The number of nitrogens with zero attached hydrogens (tertiary/aromatic N) is 2. The van der Waals surface area contributed by atoms with Gasteiger partial charge >= 0.3 is 72.2 Å². The molecule has 2 rings (SSSR count). The molecule has 0 aliphatic heterocycles. The van der Waals surface area contributed by atoms with E-state index >= 15 is 0 Å². The number of aromatic nitrogens is 2. The molecule has 0 fully saturated rings. The van der Waals surface area contributed by atoms with Crippen LogP contribution in [0.25, 0.3) is 11.0 Å². The van der Waals surface area contributed by atoms with Crippen molar-refractivity contribution < 1.29 is 0 Å². The molecule has 2 aromatic rings. The first kappa shape index (κ1) is 6.22. The monoisotopic (exact) mass is 238 g/mol. The predicted octanol–water partition coefficient (Wildman–Crippen LogP) is 0.700. The molecule has 2 nitrogen and oxygen atoms in total. The second-order valence-corrected chi connectivity index (χ2v) is 3.73. The van der Waals surface area contributed by atoms with Crippen LogP contribution < -0.4 is 0 Å². The van der Waals surface area contributed by atoms with E-state index in [9.17, 15) is 0 Å². The van der Waals surface area contributed by atoms with Crippen LogP contribution in [0, 0.1) is 0 Å². The maximum atomic E-state index is 4.21. The van der Waals surface area contributed by atoms with Gasteiger partial charge in [-0.25, -0.2) is 0 Å². The molecule has 0 bridgehead atoms. The van der Waals surface area contributed by atoms with Gasteiger partial charge in [-0.15, -0.1) is 0 Å². The van der Waals surface area contributed by atoms with Crippen molar-refractivity contribution in [3.05, 3.63) is 30.6 Å². The second kappa shape index (κ2) is 2.27. The summed E-state index contributed by atoms with van der Waals surface area (Å²) in [4.78, 5) is 4.21. The van der Waals surface area contributed by atoms with Crippen LogP contribution in [0.15, 0.2) is 30.6 Å². The quantitative estimate of drug-likeness (QED) is 0.616. The summed E-state index contributed by atoms with van der Waals surface area (Å²) < 4.78 is 2.14. The zero-order valence-electron chi connectivity index (χ0n) is 5.36. The molecule has 48 valence electrons. The second-order valence-electron chi connectivity index (χ2n) is 2.14. The molecule has 10 heavy (non-hydrogen) atoms. The number of hydrogen-bond donors (Lipinski definition) is 0. The van der Waals surface area contributed by atoms with Gasteiger partial charge in [-0.3, -0.25) is 0 Å². The minimum absolute atomic E-state index is 1.08. The van der Waals surface area contributed by atoms with Crippen LogP contribution in [0.3, 0.4) is 0 Å². The third-order valence-corrected chi connectivity index (χ3v) is 2.66. The summed E-state index contributed by atoms with van der Waals surface area (Å²) >= 11 is 1.08. The average molecular weight is 237 g/mol. The van der Waals surface area contributed by atoms with E-state index in [1.54, 1.807) is 0 Å². The van der Waals surface area contributed by atoms with Crippen molar-refractivity contribution in [3.63, 3.8) is 0 Å². The summed E-state index contributed by atoms with van der Waals surface area (Å²) in [6, 6.07) is 8.17. The third-order valence-electron chi connectivity index (χ3n) is 1.48. The summed E-state index contributed by atoms with van der Waals surface area (Å²) in [7, 11) is 0. The van der Waals surface area contributed by atoms with E-state index in [4.69, 9.17) is 0 Å². The molecule has 0 aliphatic carbocycles. The number of fused-ring (bicyclic) bond motifs is 1. The molecule has 0 spiro atoms. The SMILES string of the molecule is [SnH][n]1cnc2ccccc21. The average Bonchev–Trinajstić information content (AvgIpc) is 2.34. The standard InChI is InChI=1S/C7H5N2.Sn.H/c1-2-4-7-6(3-1)8-5-9-7;;/h1-5H;;/q-1;+1;. The van der Waals surface area contributed by atoms with Gasteiger partial charge in [0.25, 0.3) is 0 Å². The number of para-hydroxylation sites is 2. The molecule has 0 N–H and O–H groups in total. The van der Waals surface area contributed by atoms with E-state index < -0.39 is 0 Å². The minimum atomic E-state index is 1.08. The summed E-state index contributed by atoms with van der Waals surface area (Å²) in [5.74, 6) is 0. The Morgan fingerprint density at radius 2 is 2.10 bits per heavy atom. The Kier molecular flexibility index (Phi) is 1.41. The van der Waals surface area contributed by atoms with E-state index in [2.05, 4.69) is 13.8 Å². The van der Waals surface area contributed by atoms with E-state index in [0.29, 0.717) is 0 Å². The Hall–Kier alpha value is -0.511. The molecule has 0 saturated heterocycles. The fourth-order valence-electron chi connectivity index (χ4n) is 0.978. The fourth-order valence-corrected chi connectivity index (χ4v) is 1.79. The Morgan fingerprint density at radius 3 is 2.90 bits per heavy atom. The zero-order chi connectivity index (χ0) is 6.97. The van der Waals surface area contributed by atoms with Gasteiger partial charge in [0.2, 0.25) is 0 Å². The van der Waals surface area contributed by atoms with Crippen molar-refractivity contribution in [2.75, 3.05) is 0 Å². The van der Waals surface area contributed by atoms with Gasteiger partial charge in [0.15, 0.2) is 0 Å². The van der Waals surface area contributed by atoms with Crippen LogP contribution in [-0.2, 0) is 0 Å². The Bertz CT molecular complexity index is 353. The molecule has 2 radical (unpaired) electrons. The normalized spacial score (nSPS) is 10.5. The first-order chi connectivity index (χ1) is 4.88. The van der Waals surface area contributed by atoms with Gasteiger partial charge in [0.05, 0.1) is 0 Å². The number of imidazole rings is 1. The van der Waals surface area contributed by atoms with E-state index in [1.165, 1.54) is 5.52 Å². The van der Waals surface area contributed by atoms with Gasteiger partial charge < -0.3 is 0 Å². The molecule has 3 heteroatoms. The summed E-state index contributed by atoms with van der Waals surface area (Å²) in [5.41, 5.74) is 2.33. The van der Waals surface area contributed by atoms with Gasteiger partial charge in [-0.2, -0.15) is 0 Å². The van der Waals surface area contributed by atoms with Crippen molar-refractivity contribution in [1.29, 1.82) is 0 Å². The molecule has 0 aliphatic rings. The Morgan fingerprint density at radius 1 is 1.30 bits per heavy atom. The summed E-state index contributed by atoms with van der Waals surface area (Å²) in [5, 5.41) is 0. The van der Waals surface area contributed by atoms with Crippen LogP contribution in [0.2, 0.25) is 0 Å². The van der Waals surface area contributed by atoms with Gasteiger partial charge in [-0.05, 0) is 0 Å². The van der Waals surface area contributed by atoms with Crippen molar-refractivity contribution in [1.82, 2.24) is 7.77 Å². The van der Waals surface area contributed by atoms with E-state index in [1.807, 2.05) is 24.5 Å². The first-order valence-corrected chi connectivity index (χ1v) is 4.52. The van der Waals surface area contributed by atoms with Crippen molar-refractivity contribution >= 4 is 33.8 Å². The van der Waals surface area contributed by atoms with Gasteiger partial charge in [-0.1, -0.05) is 0 Å². The van der Waals surface area contributed by atoms with Crippen LogP contribution in [-0.4, -0.2) is 30.6 Å². The van der Waals surface area contributed by atoms with Crippen molar-refractivity contribution in [2.24, 2.45) is 0 Å². The first-order valence-electron chi connectivity index (χ1n) is 3.05. The van der Waals surface area contributed by atoms with Crippen LogP contribution in [0.4, 0.5) is 0 Å². The van der Waals surface area contributed by atoms with Gasteiger partial charge in [0, 0.05) is 0 Å². The molecule has 0 amide bonds. The summed E-state index contributed by atoms with van der Waals surface area (Å²) in [6.07, 6.45) is 1.88. The van der Waals surface area contributed by atoms with E-state index in [0.717, 1.165) is 28.3 Å². The van der Waals surface area contributed by atoms with Gasteiger partial charge in [0.1, 0.15) is 0 Å². The fraction of sp³-hybridized carbons (Fsp3) is 0. The van der Waals surface area contributed by atoms with Crippen molar-refractivity contribution in [2.45, 2.75) is 0 Å². The topological polar surface area (TPSA) is 17.8 Å².